The zero-order chi connectivity index (χ0) is 36.1. The van der Waals surface area contributed by atoms with Gasteiger partial charge in [0.2, 0.25) is 23.0 Å². The van der Waals surface area contributed by atoms with Gasteiger partial charge in [0, 0.05) is 55.5 Å². The maximum Gasteiger partial charge on any atom is 0.270 e. The molecule has 2 heterocycles. The molecular formula is C39H45N5O7. The fourth-order valence-corrected chi connectivity index (χ4v) is 7.21. The van der Waals surface area contributed by atoms with Gasteiger partial charge in [-0.05, 0) is 79.1 Å². The van der Waals surface area contributed by atoms with Crippen LogP contribution in [-0.4, -0.2) is 74.6 Å². The van der Waals surface area contributed by atoms with Gasteiger partial charge in [0.1, 0.15) is 5.69 Å². The zero-order valence-electron chi connectivity index (χ0n) is 29.5. The Morgan fingerprint density at radius 3 is 2.37 bits per heavy atom. The molecular weight excluding hydrogens is 650 g/mol. The largest absolute Gasteiger partial charge is 0.493 e. The lowest BCUT2D eigenvalue weighted by atomic mass is 9.95. The van der Waals surface area contributed by atoms with E-state index in [1.54, 1.807) is 33.5 Å². The number of aryl methyl sites for hydroxylation is 1. The van der Waals surface area contributed by atoms with E-state index < -0.39 is 6.04 Å². The molecule has 2 aliphatic rings. The first-order valence-corrected chi connectivity index (χ1v) is 17.4. The van der Waals surface area contributed by atoms with Gasteiger partial charge in [-0.1, -0.05) is 24.3 Å². The van der Waals surface area contributed by atoms with E-state index in [-0.39, 0.29) is 29.2 Å². The van der Waals surface area contributed by atoms with Crippen LogP contribution in [0.25, 0.3) is 22.0 Å². The molecule has 12 heteroatoms. The maximum absolute atomic E-state index is 13.6. The molecule has 3 aromatic carbocycles. The number of carbonyl (C=O) groups is 3. The first kappa shape index (κ1) is 35.3. The Morgan fingerprint density at radius 2 is 1.67 bits per heavy atom. The molecule has 1 aliphatic heterocycles. The predicted octanol–water partition coefficient (Wildman–Crippen LogP) is 4.96. The molecule has 4 N–H and O–H groups in total. The number of rotatable bonds is 11. The minimum Gasteiger partial charge on any atom is -0.493 e. The smallest absolute Gasteiger partial charge is 0.270 e. The predicted molar refractivity (Wildman–Crippen MR) is 196 cm³/mol. The standard InChI is InChI=1S/C39H45N5O7/c1-23(45)41-30-13-11-25-21-34(49-2)37(50-3)38(51-4)36(25)27-12-14-31(33(46)22-28(27)30)40-17-7-10-35(47)42-26-15-18-44(19-16-26)39(48)32-20-24-8-5-6-9-29(24)43-32/h5-6,8-9,12,14,20-22,26,30,43H,7,10-11,13,15-19H2,1-4H3,(H,40,46)(H,41,45)(H,42,47)/t30-/m0/s1. The molecule has 0 saturated carbocycles. The number of likely N-dealkylation sites (tertiary alicyclic amines) is 1. The summed E-state index contributed by atoms with van der Waals surface area (Å²) in [4.78, 5) is 56.7. The summed E-state index contributed by atoms with van der Waals surface area (Å²) in [5, 5.41) is 10.4. The molecule has 12 nitrogen and oxygen atoms in total. The van der Waals surface area contributed by atoms with Crippen LogP contribution in [0, 0.1) is 0 Å². The Kier molecular flexibility index (Phi) is 10.8. The van der Waals surface area contributed by atoms with Crippen LogP contribution in [0.2, 0.25) is 0 Å². The molecule has 3 amide bonds. The van der Waals surface area contributed by atoms with Crippen LogP contribution in [-0.2, 0) is 16.0 Å². The van der Waals surface area contributed by atoms with Crippen molar-refractivity contribution >= 4 is 34.3 Å². The first-order valence-electron chi connectivity index (χ1n) is 17.4. The number of nitrogens with one attached hydrogen (secondary N) is 4. The van der Waals surface area contributed by atoms with Crippen LogP contribution in [0.3, 0.4) is 0 Å². The van der Waals surface area contributed by atoms with Crippen molar-refractivity contribution < 1.29 is 28.6 Å². The number of methoxy groups -OCH3 is 3. The minimum absolute atomic E-state index is 0.00376. The number of nitrogens with zero attached hydrogens (tertiary/aromatic N) is 1. The van der Waals surface area contributed by atoms with E-state index in [9.17, 15) is 19.2 Å². The highest BCUT2D eigenvalue weighted by molar-refractivity contribution is 5.98. The van der Waals surface area contributed by atoms with Gasteiger partial charge in [-0.2, -0.15) is 0 Å². The molecule has 0 unspecified atom stereocenters. The number of ether oxygens (including phenoxy) is 3. The number of aromatic amines is 1. The monoisotopic (exact) mass is 695 g/mol. The molecule has 51 heavy (non-hydrogen) atoms. The van der Waals surface area contributed by atoms with Crippen molar-refractivity contribution in [3.63, 3.8) is 0 Å². The third-order valence-electron chi connectivity index (χ3n) is 9.72. The average Bonchev–Trinajstić information content (AvgIpc) is 3.43. The average molecular weight is 696 g/mol. The highest BCUT2D eigenvalue weighted by Crippen LogP contribution is 2.50. The first-order chi connectivity index (χ1) is 24.7. The number of para-hydroxylation sites is 1. The Hall–Kier alpha value is -5.52. The van der Waals surface area contributed by atoms with Gasteiger partial charge in [0.25, 0.3) is 5.91 Å². The topological polar surface area (TPSA) is 151 Å². The molecule has 1 fully saturated rings. The molecule has 1 aliphatic carbocycles. The van der Waals surface area contributed by atoms with E-state index >= 15 is 0 Å². The van der Waals surface area contributed by atoms with Gasteiger partial charge in [0.05, 0.1) is 33.1 Å². The summed E-state index contributed by atoms with van der Waals surface area (Å²) in [6, 6.07) is 16.4. The third kappa shape index (κ3) is 7.64. The van der Waals surface area contributed by atoms with Crippen molar-refractivity contribution in [2.45, 2.75) is 57.5 Å². The number of hydrogen-bond acceptors (Lipinski definition) is 8. The number of piperidine rings is 1. The molecule has 0 bridgehead atoms. The summed E-state index contributed by atoms with van der Waals surface area (Å²) >= 11 is 0. The summed E-state index contributed by atoms with van der Waals surface area (Å²) in [6.45, 7) is 3.02. The second-order valence-corrected chi connectivity index (χ2v) is 13.0. The normalized spacial score (nSPS) is 15.6. The van der Waals surface area contributed by atoms with E-state index in [4.69, 9.17) is 14.2 Å². The van der Waals surface area contributed by atoms with Crippen LogP contribution in [0.15, 0.2) is 59.4 Å². The maximum atomic E-state index is 13.6. The number of aromatic nitrogens is 1. The van der Waals surface area contributed by atoms with Gasteiger partial charge in [-0.15, -0.1) is 0 Å². The van der Waals surface area contributed by atoms with Crippen LogP contribution >= 0.6 is 0 Å². The Morgan fingerprint density at radius 1 is 0.902 bits per heavy atom. The molecule has 0 radical (unpaired) electrons. The minimum atomic E-state index is -0.401. The summed E-state index contributed by atoms with van der Waals surface area (Å²) in [6.07, 6.45) is 3.36. The van der Waals surface area contributed by atoms with Gasteiger partial charge in [-0.25, -0.2) is 0 Å². The molecule has 6 rings (SSSR count). The van der Waals surface area contributed by atoms with Gasteiger partial charge >= 0.3 is 0 Å². The SMILES string of the molecule is COc1cc2c(c(OC)c1OC)-c1ccc(NCCCC(=O)NC3CCN(C(=O)c4cc5ccccc5[nH]4)CC3)c(=O)cc1[C@@H](NC(C)=O)CC2. The van der Waals surface area contributed by atoms with Crippen molar-refractivity contribution in [1.82, 2.24) is 20.5 Å². The Labute approximate surface area is 296 Å². The Balaban J connectivity index is 1.08. The van der Waals surface area contributed by atoms with Gasteiger partial charge in [0.15, 0.2) is 11.5 Å². The number of amides is 3. The lowest BCUT2D eigenvalue weighted by Gasteiger charge is -2.32. The number of hydrogen-bond donors (Lipinski definition) is 4. The van der Waals surface area contributed by atoms with Gasteiger partial charge < -0.3 is 40.0 Å². The summed E-state index contributed by atoms with van der Waals surface area (Å²) in [5.74, 6) is 1.18. The van der Waals surface area contributed by atoms with E-state index in [0.29, 0.717) is 92.4 Å². The van der Waals surface area contributed by atoms with Gasteiger partial charge in [-0.3, -0.25) is 19.2 Å². The van der Waals surface area contributed by atoms with Crippen LogP contribution in [0.5, 0.6) is 17.2 Å². The van der Waals surface area contributed by atoms with Crippen LogP contribution in [0.1, 0.15) is 66.7 Å². The van der Waals surface area contributed by atoms with Crippen LogP contribution in [0.4, 0.5) is 5.69 Å². The van der Waals surface area contributed by atoms with E-state index in [2.05, 4.69) is 20.9 Å². The zero-order valence-corrected chi connectivity index (χ0v) is 29.5. The van der Waals surface area contributed by atoms with E-state index in [1.807, 2.05) is 47.4 Å². The molecule has 268 valence electrons. The molecule has 1 aromatic heterocycles. The molecule has 4 aromatic rings. The van der Waals surface area contributed by atoms with E-state index in [0.717, 1.165) is 27.6 Å². The number of fused-ring (bicyclic) bond motifs is 4. The number of benzene rings is 2. The van der Waals surface area contributed by atoms with Crippen molar-refractivity contribution in [2.24, 2.45) is 0 Å². The Bertz CT molecular complexity index is 1970. The lowest BCUT2D eigenvalue weighted by Crippen LogP contribution is -2.46. The van der Waals surface area contributed by atoms with Crippen LogP contribution < -0.4 is 35.6 Å². The van der Waals surface area contributed by atoms with Crippen molar-refractivity contribution in [2.75, 3.05) is 46.3 Å². The fraction of sp³-hybridized carbons (Fsp3) is 0.385. The molecule has 0 spiro atoms. The second-order valence-electron chi connectivity index (χ2n) is 13.0. The number of carbonyl (C=O) groups excluding carboxylic acids is 3. The highest BCUT2D eigenvalue weighted by atomic mass is 16.5. The van der Waals surface area contributed by atoms with Crippen molar-refractivity contribution in [1.29, 1.82) is 0 Å². The summed E-state index contributed by atoms with van der Waals surface area (Å²) in [7, 11) is 4.68. The quantitative estimate of drug-likeness (QED) is 0.161. The lowest BCUT2D eigenvalue weighted by molar-refractivity contribution is -0.122. The van der Waals surface area contributed by atoms with Crippen molar-refractivity contribution in [3.8, 4) is 28.4 Å². The number of H-pyrrole nitrogens is 1. The van der Waals surface area contributed by atoms with E-state index in [1.165, 1.54) is 6.92 Å². The second kappa shape index (κ2) is 15.6. The fourth-order valence-electron chi connectivity index (χ4n) is 7.21. The summed E-state index contributed by atoms with van der Waals surface area (Å²) in [5.41, 5.74) is 4.83. The third-order valence-corrected chi connectivity index (χ3v) is 9.72. The highest BCUT2D eigenvalue weighted by Gasteiger charge is 2.30. The van der Waals surface area contributed by atoms with Crippen molar-refractivity contribution in [3.05, 3.63) is 81.6 Å². The summed E-state index contributed by atoms with van der Waals surface area (Å²) < 4.78 is 17.1. The molecule has 1 atom stereocenters. The molecule has 1 saturated heterocycles. The number of anilines is 1.